The number of benzene rings is 2. The lowest BCUT2D eigenvalue weighted by Crippen LogP contribution is -2.20. The van der Waals surface area contributed by atoms with E-state index in [1.807, 2.05) is 19.0 Å². The average Bonchev–Trinajstić information content (AvgIpc) is 2.83. The Morgan fingerprint density at radius 3 is 2.12 bits per heavy atom. The molecule has 0 radical (unpaired) electrons. The number of aromatic nitrogens is 2. The highest BCUT2D eigenvalue weighted by atomic mass is 35.5. The van der Waals surface area contributed by atoms with Crippen molar-refractivity contribution in [1.82, 2.24) is 20.2 Å². The number of alkyl halides is 6. The van der Waals surface area contributed by atoms with Crippen molar-refractivity contribution in [2.75, 3.05) is 34.3 Å². The van der Waals surface area contributed by atoms with E-state index in [9.17, 15) is 40.6 Å². The van der Waals surface area contributed by atoms with E-state index in [1.165, 1.54) is 19.2 Å². The standard InChI is InChI=1S/C15H15ClFN3O3.C10H9F6N/c1-20(2)5-6-23-15-18-8-11(14(21)22)13(19-15)10-4-3-9(17)7-12(10)16;1-17-5-6-2-7(9(11,12)13)4-8(3-6)10(14,15)16/h3-4,7-8H,5-6H2,1-2H3,(H,21,22);2-4,17H,5H2,1H3. The van der Waals surface area contributed by atoms with Crippen molar-refractivity contribution >= 4 is 17.6 Å². The lowest BCUT2D eigenvalue weighted by atomic mass is 10.0. The van der Waals surface area contributed by atoms with Crippen molar-refractivity contribution in [3.8, 4) is 17.3 Å². The van der Waals surface area contributed by atoms with Crippen molar-refractivity contribution in [3.63, 3.8) is 0 Å². The Morgan fingerprint density at radius 2 is 1.65 bits per heavy atom. The van der Waals surface area contributed by atoms with Gasteiger partial charge < -0.3 is 20.1 Å². The molecule has 218 valence electrons. The van der Waals surface area contributed by atoms with E-state index in [1.54, 1.807) is 0 Å². The minimum absolute atomic E-state index is 0.0345. The van der Waals surface area contributed by atoms with Gasteiger partial charge in [-0.1, -0.05) is 11.6 Å². The molecule has 3 rings (SSSR count). The fourth-order valence-corrected chi connectivity index (χ4v) is 3.38. The van der Waals surface area contributed by atoms with Crippen molar-refractivity contribution in [1.29, 1.82) is 0 Å². The monoisotopic (exact) mass is 596 g/mol. The van der Waals surface area contributed by atoms with Crippen LogP contribution >= 0.6 is 11.6 Å². The van der Waals surface area contributed by atoms with Crippen LogP contribution in [0.1, 0.15) is 27.0 Å². The molecule has 2 aromatic carbocycles. The van der Waals surface area contributed by atoms with Gasteiger partial charge in [0.2, 0.25) is 0 Å². The Labute approximate surface area is 229 Å². The third-order valence-electron chi connectivity index (χ3n) is 4.98. The number of likely N-dealkylation sites (N-methyl/N-ethyl adjacent to an activating group) is 1. The molecule has 1 heterocycles. The summed E-state index contributed by atoms with van der Waals surface area (Å²) in [6, 6.07) is 5.19. The number of hydrogen-bond donors (Lipinski definition) is 2. The summed E-state index contributed by atoms with van der Waals surface area (Å²) in [5.74, 6) is -1.73. The van der Waals surface area contributed by atoms with Crippen LogP contribution < -0.4 is 10.1 Å². The first-order chi connectivity index (χ1) is 18.5. The molecule has 0 amide bonds. The van der Waals surface area contributed by atoms with E-state index in [2.05, 4.69) is 15.3 Å². The summed E-state index contributed by atoms with van der Waals surface area (Å²) < 4.78 is 92.9. The number of nitrogens with zero attached hydrogens (tertiary/aromatic N) is 3. The van der Waals surface area contributed by atoms with Crippen LogP contribution in [0.3, 0.4) is 0 Å². The van der Waals surface area contributed by atoms with Crippen LogP contribution in [0, 0.1) is 5.82 Å². The molecule has 0 fully saturated rings. The highest BCUT2D eigenvalue weighted by Gasteiger charge is 2.36. The Hall–Kier alpha value is -3.49. The summed E-state index contributed by atoms with van der Waals surface area (Å²) in [6.45, 7) is 0.930. The largest absolute Gasteiger partial charge is 0.478 e. The average molecular weight is 597 g/mol. The molecule has 40 heavy (non-hydrogen) atoms. The Balaban J connectivity index is 0.000000294. The number of halogens is 8. The first-order valence-electron chi connectivity index (χ1n) is 11.3. The van der Waals surface area contributed by atoms with Crippen molar-refractivity contribution in [3.05, 3.63) is 75.7 Å². The van der Waals surface area contributed by atoms with Gasteiger partial charge in [0.25, 0.3) is 0 Å². The number of carbonyl (C=O) groups is 1. The molecule has 7 nitrogen and oxygen atoms in total. The van der Waals surface area contributed by atoms with Gasteiger partial charge in [-0.3, -0.25) is 0 Å². The lowest BCUT2D eigenvalue weighted by molar-refractivity contribution is -0.143. The van der Waals surface area contributed by atoms with Crippen LogP contribution in [-0.2, 0) is 18.9 Å². The summed E-state index contributed by atoms with van der Waals surface area (Å²) in [6.07, 6.45) is -8.43. The third kappa shape index (κ3) is 9.61. The number of carboxylic acids is 1. The van der Waals surface area contributed by atoms with Crippen LogP contribution in [0.2, 0.25) is 5.02 Å². The van der Waals surface area contributed by atoms with Crippen molar-refractivity contribution < 1.29 is 45.4 Å². The topological polar surface area (TPSA) is 87.6 Å². The summed E-state index contributed by atoms with van der Waals surface area (Å²) in [5, 5.41) is 11.8. The zero-order valence-electron chi connectivity index (χ0n) is 21.3. The van der Waals surface area contributed by atoms with Crippen LogP contribution in [0.25, 0.3) is 11.3 Å². The van der Waals surface area contributed by atoms with E-state index in [0.717, 1.165) is 12.3 Å². The highest BCUT2D eigenvalue weighted by Crippen LogP contribution is 2.36. The minimum atomic E-state index is -4.79. The SMILES string of the molecule is CN(C)CCOc1ncc(C(=O)O)c(-c2ccc(F)cc2Cl)n1.CNCc1cc(C(F)(F)F)cc(C(F)(F)F)c1. The normalized spacial score (nSPS) is 11.7. The van der Waals surface area contributed by atoms with Gasteiger partial charge in [-0.2, -0.15) is 31.3 Å². The number of aromatic carboxylic acids is 1. The molecule has 1 aromatic heterocycles. The molecule has 0 saturated carbocycles. The van der Waals surface area contributed by atoms with Crippen LogP contribution in [-0.4, -0.2) is 60.2 Å². The summed E-state index contributed by atoms with van der Waals surface area (Å²) in [5.41, 5.74) is -2.41. The van der Waals surface area contributed by atoms with E-state index in [-0.39, 0.29) is 40.5 Å². The molecule has 0 atom stereocenters. The second-order valence-corrected chi connectivity index (χ2v) is 8.85. The van der Waals surface area contributed by atoms with Crippen molar-refractivity contribution in [2.24, 2.45) is 0 Å². The Bertz CT molecular complexity index is 1290. The van der Waals surface area contributed by atoms with Gasteiger partial charge in [-0.15, -0.1) is 0 Å². The number of carboxylic acid groups (broad SMARTS) is 1. The Morgan fingerprint density at radius 1 is 1.05 bits per heavy atom. The first-order valence-corrected chi connectivity index (χ1v) is 11.7. The smallest absolute Gasteiger partial charge is 0.416 e. The number of nitrogens with one attached hydrogen (secondary N) is 1. The molecule has 0 saturated heterocycles. The molecule has 0 spiro atoms. The Kier molecular flexibility index (Phi) is 11.2. The first kappa shape index (κ1) is 32.7. The minimum Gasteiger partial charge on any atom is -0.478 e. The summed E-state index contributed by atoms with van der Waals surface area (Å²) >= 11 is 6.00. The van der Waals surface area contributed by atoms with Gasteiger partial charge in [0, 0.05) is 24.8 Å². The van der Waals surface area contributed by atoms with Crippen LogP contribution in [0.15, 0.2) is 42.6 Å². The molecular weight excluding hydrogens is 573 g/mol. The van der Waals surface area contributed by atoms with E-state index in [4.69, 9.17) is 16.3 Å². The third-order valence-corrected chi connectivity index (χ3v) is 5.29. The zero-order valence-corrected chi connectivity index (χ0v) is 22.0. The second-order valence-electron chi connectivity index (χ2n) is 8.44. The number of hydrogen-bond acceptors (Lipinski definition) is 6. The lowest BCUT2D eigenvalue weighted by Gasteiger charge is -2.13. The fourth-order valence-electron chi connectivity index (χ4n) is 3.12. The maximum Gasteiger partial charge on any atom is 0.416 e. The van der Waals surface area contributed by atoms with Gasteiger partial charge >= 0.3 is 24.3 Å². The highest BCUT2D eigenvalue weighted by molar-refractivity contribution is 6.33. The molecule has 0 unspecified atom stereocenters. The molecule has 15 heteroatoms. The predicted octanol–water partition coefficient (Wildman–Crippen LogP) is 6.02. The molecule has 3 aromatic rings. The van der Waals surface area contributed by atoms with Crippen LogP contribution in [0.5, 0.6) is 6.01 Å². The second kappa shape index (κ2) is 13.7. The van der Waals surface area contributed by atoms with E-state index in [0.29, 0.717) is 30.8 Å². The van der Waals surface area contributed by atoms with Gasteiger partial charge in [-0.05, 0) is 63.1 Å². The summed E-state index contributed by atoms with van der Waals surface area (Å²) in [7, 11) is 5.22. The van der Waals surface area contributed by atoms with Crippen LogP contribution in [0.4, 0.5) is 30.7 Å². The molecular formula is C25H24ClF7N4O3. The van der Waals surface area contributed by atoms with Gasteiger partial charge in [0.1, 0.15) is 18.0 Å². The fraction of sp³-hybridized carbons (Fsp3) is 0.320. The van der Waals surface area contributed by atoms with Gasteiger partial charge in [-0.25, -0.2) is 14.2 Å². The number of ether oxygens (including phenoxy) is 1. The maximum atomic E-state index is 13.2. The summed E-state index contributed by atoms with van der Waals surface area (Å²) in [4.78, 5) is 21.3. The molecule has 0 aliphatic heterocycles. The molecule has 2 N–H and O–H groups in total. The molecule has 0 bridgehead atoms. The van der Waals surface area contributed by atoms with E-state index >= 15 is 0 Å². The maximum absolute atomic E-state index is 13.2. The molecule has 0 aliphatic rings. The predicted molar refractivity (Wildman–Crippen MR) is 133 cm³/mol. The number of rotatable bonds is 8. The van der Waals surface area contributed by atoms with Crippen molar-refractivity contribution in [2.45, 2.75) is 18.9 Å². The zero-order chi connectivity index (χ0) is 30.3. The van der Waals surface area contributed by atoms with Gasteiger partial charge in [0.05, 0.1) is 21.8 Å². The van der Waals surface area contributed by atoms with Gasteiger partial charge in [0.15, 0.2) is 0 Å². The van der Waals surface area contributed by atoms with E-state index < -0.39 is 35.3 Å². The quantitative estimate of drug-likeness (QED) is 0.308. The molecule has 0 aliphatic carbocycles.